The van der Waals surface area contributed by atoms with E-state index >= 15 is 0 Å². The normalized spacial score (nSPS) is 53.4. The van der Waals surface area contributed by atoms with Gasteiger partial charge in [-0.3, -0.25) is 4.79 Å². The van der Waals surface area contributed by atoms with Gasteiger partial charge in [-0.2, -0.15) is 0 Å². The predicted molar refractivity (Wildman–Crippen MR) is 149 cm³/mol. The van der Waals surface area contributed by atoms with E-state index in [1.165, 1.54) is 44.9 Å². The molecule has 0 aromatic carbocycles. The summed E-state index contributed by atoms with van der Waals surface area (Å²) in [5.41, 5.74) is 6.96. The minimum Gasteiger partial charge on any atom is -0.461 e. The Hall–Kier alpha value is -0.650. The SMILES string of the molecule is CCC(C)C(N)C(=O)O[C@H]1CC[C@@]2(C)C(CCC3C2CC[C@@]2(C)C3CC3O[C@]4(CC[C@H](C)CO4)[C@@H](C)C32)C1. The first-order valence-electron chi connectivity index (χ1n) is 16.3. The number of carbonyl (C=O) groups is 1. The summed E-state index contributed by atoms with van der Waals surface area (Å²) in [7, 11) is 0. The minimum absolute atomic E-state index is 0.0515. The monoisotopic (exact) mass is 529 g/mol. The lowest BCUT2D eigenvalue weighted by Gasteiger charge is -2.61. The average molecular weight is 530 g/mol. The van der Waals surface area contributed by atoms with Gasteiger partial charge in [-0.05, 0) is 110 Å². The number of hydrogen-bond donors (Lipinski definition) is 1. The fraction of sp³-hybridized carbons (Fsp3) is 0.970. The zero-order valence-electron chi connectivity index (χ0n) is 25.0. The summed E-state index contributed by atoms with van der Waals surface area (Å²) in [6.07, 6.45) is 13.4. The van der Waals surface area contributed by atoms with Crippen LogP contribution in [0.15, 0.2) is 0 Å². The summed E-state index contributed by atoms with van der Waals surface area (Å²) in [4.78, 5) is 12.7. The van der Waals surface area contributed by atoms with Crippen LogP contribution in [0.1, 0.15) is 112 Å². The summed E-state index contributed by atoms with van der Waals surface area (Å²) >= 11 is 0. The summed E-state index contributed by atoms with van der Waals surface area (Å²) in [6, 6.07) is -0.493. The first-order valence-corrected chi connectivity index (χ1v) is 16.3. The number of rotatable bonds is 4. The van der Waals surface area contributed by atoms with Crippen molar-refractivity contribution in [2.75, 3.05) is 6.61 Å². The Balaban J connectivity index is 1.13. The Bertz CT molecular complexity index is 899. The topological polar surface area (TPSA) is 70.8 Å². The number of carbonyl (C=O) groups excluding carboxylic acids is 1. The zero-order chi connectivity index (χ0) is 27.0. The van der Waals surface area contributed by atoms with Crippen LogP contribution in [-0.4, -0.2) is 36.6 Å². The third-order valence-corrected chi connectivity index (χ3v) is 13.7. The average Bonchev–Trinajstić information content (AvgIpc) is 3.35. The summed E-state index contributed by atoms with van der Waals surface area (Å²) < 4.78 is 19.5. The van der Waals surface area contributed by atoms with E-state index in [9.17, 15) is 4.79 Å². The van der Waals surface area contributed by atoms with Gasteiger partial charge in [0.15, 0.2) is 5.79 Å². The molecule has 0 aromatic rings. The van der Waals surface area contributed by atoms with Crippen LogP contribution in [0.2, 0.25) is 0 Å². The molecule has 4 aliphatic carbocycles. The molecule has 2 aliphatic heterocycles. The molecule has 6 fully saturated rings. The Labute approximate surface area is 231 Å². The Kier molecular flexibility index (Phi) is 7.04. The van der Waals surface area contributed by atoms with Crippen molar-refractivity contribution >= 4 is 5.97 Å². The second-order valence-electron chi connectivity index (χ2n) is 15.4. The summed E-state index contributed by atoms with van der Waals surface area (Å²) in [5, 5.41) is 0. The first-order chi connectivity index (χ1) is 18.0. The van der Waals surface area contributed by atoms with Crippen LogP contribution >= 0.6 is 0 Å². The fourth-order valence-electron chi connectivity index (χ4n) is 11.1. The fourth-order valence-corrected chi connectivity index (χ4v) is 11.1. The van der Waals surface area contributed by atoms with Crippen molar-refractivity contribution in [3.05, 3.63) is 0 Å². The van der Waals surface area contributed by atoms with Crippen molar-refractivity contribution < 1.29 is 19.0 Å². The molecule has 14 atom stereocenters. The van der Waals surface area contributed by atoms with Crippen LogP contribution in [0.25, 0.3) is 0 Å². The highest BCUT2D eigenvalue weighted by molar-refractivity contribution is 5.76. The zero-order valence-corrected chi connectivity index (χ0v) is 25.0. The molecule has 5 nitrogen and oxygen atoms in total. The van der Waals surface area contributed by atoms with Gasteiger partial charge in [0.2, 0.25) is 0 Å². The van der Waals surface area contributed by atoms with Gasteiger partial charge in [-0.15, -0.1) is 0 Å². The van der Waals surface area contributed by atoms with Gasteiger partial charge in [0.1, 0.15) is 12.1 Å². The maximum Gasteiger partial charge on any atom is 0.323 e. The minimum atomic E-state index is -0.493. The molecule has 5 heteroatoms. The standard InChI is InChI=1S/C33H55NO4/c1-7-20(3)29(34)30(35)37-23-11-13-31(5)22(16-23)8-9-24-25(31)12-14-32(6)26(24)17-27-28(32)21(4)33(38-27)15-10-19(2)18-36-33/h19-29H,7-18,34H2,1-6H3/t19-,20?,21-,22?,23-,24?,25?,26?,27?,28?,29?,31-,32-,33+/m0/s1. The van der Waals surface area contributed by atoms with E-state index in [-0.39, 0.29) is 23.8 Å². The molecule has 2 N–H and O–H groups in total. The third kappa shape index (κ3) is 4.06. The van der Waals surface area contributed by atoms with Crippen LogP contribution in [0.3, 0.4) is 0 Å². The molecule has 216 valence electrons. The molecule has 0 bridgehead atoms. The molecule has 2 saturated heterocycles. The Morgan fingerprint density at radius 1 is 1.00 bits per heavy atom. The van der Waals surface area contributed by atoms with Gasteiger partial charge >= 0.3 is 5.97 Å². The van der Waals surface area contributed by atoms with E-state index in [4.69, 9.17) is 19.9 Å². The van der Waals surface area contributed by atoms with Crippen molar-refractivity contribution in [2.45, 2.75) is 136 Å². The first kappa shape index (κ1) is 27.5. The predicted octanol–water partition coefficient (Wildman–Crippen LogP) is 6.72. The molecule has 38 heavy (non-hydrogen) atoms. The van der Waals surface area contributed by atoms with Crippen LogP contribution in [0.4, 0.5) is 0 Å². The molecule has 2 heterocycles. The molecule has 1 spiro atoms. The lowest BCUT2D eigenvalue weighted by atomic mass is 9.44. The highest BCUT2D eigenvalue weighted by atomic mass is 16.7. The van der Waals surface area contributed by atoms with E-state index in [0.717, 1.165) is 50.0 Å². The van der Waals surface area contributed by atoms with Crippen LogP contribution in [0.5, 0.6) is 0 Å². The van der Waals surface area contributed by atoms with Crippen molar-refractivity contribution in [3.8, 4) is 0 Å². The van der Waals surface area contributed by atoms with E-state index < -0.39 is 6.04 Å². The highest BCUT2D eigenvalue weighted by Gasteiger charge is 2.69. The number of fused-ring (bicyclic) bond motifs is 7. The highest BCUT2D eigenvalue weighted by Crippen LogP contribution is 2.71. The quantitative estimate of drug-likeness (QED) is 0.410. The molecular weight excluding hydrogens is 474 g/mol. The van der Waals surface area contributed by atoms with Crippen molar-refractivity contribution in [1.29, 1.82) is 0 Å². The van der Waals surface area contributed by atoms with Crippen molar-refractivity contribution in [3.63, 3.8) is 0 Å². The molecule has 8 unspecified atom stereocenters. The van der Waals surface area contributed by atoms with Crippen molar-refractivity contribution in [1.82, 2.24) is 0 Å². The number of esters is 1. The third-order valence-electron chi connectivity index (χ3n) is 13.7. The maximum atomic E-state index is 12.7. The molecule has 0 radical (unpaired) electrons. The Morgan fingerprint density at radius 3 is 2.47 bits per heavy atom. The number of hydrogen-bond acceptors (Lipinski definition) is 5. The molecule has 0 aromatic heterocycles. The molecular formula is C33H55NO4. The molecule has 6 aliphatic rings. The molecule has 6 rings (SSSR count). The van der Waals surface area contributed by atoms with Crippen LogP contribution in [-0.2, 0) is 19.0 Å². The largest absolute Gasteiger partial charge is 0.461 e. The van der Waals surface area contributed by atoms with E-state index in [1.54, 1.807) is 0 Å². The molecule has 4 saturated carbocycles. The second kappa shape index (κ2) is 9.72. The van der Waals surface area contributed by atoms with Crippen LogP contribution < -0.4 is 5.73 Å². The lowest BCUT2D eigenvalue weighted by molar-refractivity contribution is -0.273. The smallest absolute Gasteiger partial charge is 0.323 e. The maximum absolute atomic E-state index is 12.7. The van der Waals surface area contributed by atoms with Gasteiger partial charge in [-0.1, -0.05) is 48.0 Å². The Morgan fingerprint density at radius 2 is 1.76 bits per heavy atom. The van der Waals surface area contributed by atoms with Crippen LogP contribution in [0, 0.1) is 58.2 Å². The van der Waals surface area contributed by atoms with Gasteiger partial charge in [-0.25, -0.2) is 0 Å². The lowest BCUT2D eigenvalue weighted by Crippen LogP contribution is -2.55. The van der Waals surface area contributed by atoms with Gasteiger partial charge < -0.3 is 19.9 Å². The summed E-state index contributed by atoms with van der Waals surface area (Å²) in [6.45, 7) is 15.0. The summed E-state index contributed by atoms with van der Waals surface area (Å²) in [5.74, 6) is 4.51. The second-order valence-corrected chi connectivity index (χ2v) is 15.4. The van der Waals surface area contributed by atoms with E-state index in [0.29, 0.717) is 40.6 Å². The van der Waals surface area contributed by atoms with Gasteiger partial charge in [0.25, 0.3) is 0 Å². The van der Waals surface area contributed by atoms with Crippen molar-refractivity contribution in [2.24, 2.45) is 63.9 Å². The van der Waals surface area contributed by atoms with E-state index in [2.05, 4.69) is 34.6 Å². The van der Waals surface area contributed by atoms with Gasteiger partial charge in [0.05, 0.1) is 12.7 Å². The van der Waals surface area contributed by atoms with Gasteiger partial charge in [0, 0.05) is 12.3 Å². The number of nitrogens with two attached hydrogens (primary N) is 1. The molecule has 0 amide bonds. The number of ether oxygens (including phenoxy) is 3. The van der Waals surface area contributed by atoms with E-state index in [1.807, 2.05) is 6.92 Å².